The molecule has 1 heteroatoms. The summed E-state index contributed by atoms with van der Waals surface area (Å²) in [6, 6.07) is 9.87. The Balaban J connectivity index is 2.49. The largest absolute Gasteiger partial charge is 0.295 e. The van der Waals surface area contributed by atoms with Crippen LogP contribution < -0.4 is 0 Å². The van der Waals surface area contributed by atoms with E-state index in [0.29, 0.717) is 12.3 Å². The summed E-state index contributed by atoms with van der Waals surface area (Å²) < 4.78 is 0. The van der Waals surface area contributed by atoms with Crippen molar-refractivity contribution < 1.29 is 4.79 Å². The molecule has 90 valence electrons. The third-order valence-corrected chi connectivity index (χ3v) is 2.72. The average Bonchev–Trinajstić information content (AvgIpc) is 2.37. The van der Waals surface area contributed by atoms with E-state index in [9.17, 15) is 4.79 Å². The van der Waals surface area contributed by atoms with Crippen molar-refractivity contribution in [3.05, 3.63) is 54.6 Å². The van der Waals surface area contributed by atoms with Crippen molar-refractivity contribution in [3.8, 4) is 0 Å². The topological polar surface area (TPSA) is 17.1 Å². The molecule has 1 rings (SSSR count). The minimum absolute atomic E-state index is 0.173. The minimum Gasteiger partial charge on any atom is -0.295 e. The first-order valence-electron chi connectivity index (χ1n) is 6.14. The summed E-state index contributed by atoms with van der Waals surface area (Å²) in [6.45, 7) is 5.90. The second-order valence-corrected chi connectivity index (χ2v) is 4.20. The van der Waals surface area contributed by atoms with E-state index < -0.39 is 0 Å². The molecule has 17 heavy (non-hydrogen) atoms. The molecule has 0 amide bonds. The van der Waals surface area contributed by atoms with Crippen molar-refractivity contribution in [2.45, 2.75) is 26.2 Å². The highest BCUT2D eigenvalue weighted by Gasteiger charge is 2.06. The number of benzene rings is 1. The molecule has 0 saturated carbocycles. The van der Waals surface area contributed by atoms with Crippen molar-refractivity contribution in [1.82, 2.24) is 0 Å². The Kier molecular flexibility index (Phi) is 6.02. The van der Waals surface area contributed by atoms with Crippen LogP contribution in [0.1, 0.15) is 31.7 Å². The zero-order chi connectivity index (χ0) is 12.5. The molecule has 0 bridgehead atoms. The molecule has 0 N–H and O–H groups in total. The Morgan fingerprint density at radius 1 is 1.35 bits per heavy atom. The van der Waals surface area contributed by atoms with Crippen LogP contribution in [0, 0.1) is 5.92 Å². The highest BCUT2D eigenvalue weighted by molar-refractivity contribution is 5.93. The van der Waals surface area contributed by atoms with Gasteiger partial charge in [-0.3, -0.25) is 4.79 Å². The van der Waals surface area contributed by atoms with Crippen LogP contribution in [0.4, 0.5) is 0 Å². The summed E-state index contributed by atoms with van der Waals surface area (Å²) in [5, 5.41) is 0. The third kappa shape index (κ3) is 5.30. The van der Waals surface area contributed by atoms with Crippen LogP contribution in [0.5, 0.6) is 0 Å². The number of carbonyl (C=O) groups is 1. The lowest BCUT2D eigenvalue weighted by Gasteiger charge is -2.07. The molecule has 0 aliphatic carbocycles. The Labute approximate surface area is 104 Å². The van der Waals surface area contributed by atoms with E-state index in [1.165, 1.54) is 0 Å². The first-order chi connectivity index (χ1) is 8.26. The van der Waals surface area contributed by atoms with E-state index in [1.54, 1.807) is 6.08 Å². The van der Waals surface area contributed by atoms with Gasteiger partial charge in [0.25, 0.3) is 0 Å². The van der Waals surface area contributed by atoms with Crippen LogP contribution in [-0.4, -0.2) is 5.78 Å². The molecular weight excluding hydrogens is 208 g/mol. The van der Waals surface area contributed by atoms with Gasteiger partial charge < -0.3 is 0 Å². The number of carbonyl (C=O) groups excluding carboxylic acids is 1. The number of hydrogen-bond acceptors (Lipinski definition) is 1. The van der Waals surface area contributed by atoms with Crippen LogP contribution in [0.2, 0.25) is 0 Å². The second kappa shape index (κ2) is 7.61. The molecule has 0 radical (unpaired) electrons. The fourth-order valence-corrected chi connectivity index (χ4v) is 1.75. The van der Waals surface area contributed by atoms with E-state index in [-0.39, 0.29) is 5.78 Å². The molecule has 0 aromatic heterocycles. The zero-order valence-electron chi connectivity index (χ0n) is 10.4. The molecule has 1 atom stereocenters. The molecule has 1 aromatic carbocycles. The highest BCUT2D eigenvalue weighted by Crippen LogP contribution is 2.13. The van der Waals surface area contributed by atoms with Gasteiger partial charge in [0.05, 0.1) is 0 Å². The SMILES string of the molecule is C=C[C@@H](CCC)CC(=O)/C=C/c1ccccc1. The van der Waals surface area contributed by atoms with Gasteiger partial charge in [0.2, 0.25) is 0 Å². The van der Waals surface area contributed by atoms with Crippen LogP contribution in [0.25, 0.3) is 6.08 Å². The van der Waals surface area contributed by atoms with Gasteiger partial charge in [0.1, 0.15) is 0 Å². The molecule has 1 nitrogen and oxygen atoms in total. The molecule has 0 spiro atoms. The van der Waals surface area contributed by atoms with Crippen molar-refractivity contribution in [1.29, 1.82) is 0 Å². The van der Waals surface area contributed by atoms with E-state index in [0.717, 1.165) is 18.4 Å². The van der Waals surface area contributed by atoms with Gasteiger partial charge in [-0.2, -0.15) is 0 Å². The summed E-state index contributed by atoms with van der Waals surface area (Å²) in [5.41, 5.74) is 1.06. The summed E-state index contributed by atoms with van der Waals surface area (Å²) >= 11 is 0. The molecular formula is C16H20O. The van der Waals surface area contributed by atoms with Gasteiger partial charge in [0.15, 0.2) is 5.78 Å². The predicted molar refractivity (Wildman–Crippen MR) is 73.7 cm³/mol. The normalized spacial score (nSPS) is 12.5. The van der Waals surface area contributed by atoms with Gasteiger partial charge >= 0.3 is 0 Å². The van der Waals surface area contributed by atoms with E-state index in [1.807, 2.05) is 42.5 Å². The van der Waals surface area contributed by atoms with Crippen molar-refractivity contribution in [3.63, 3.8) is 0 Å². The summed E-state index contributed by atoms with van der Waals surface area (Å²) in [5.74, 6) is 0.486. The smallest absolute Gasteiger partial charge is 0.156 e. The lowest BCUT2D eigenvalue weighted by molar-refractivity contribution is -0.115. The minimum atomic E-state index is 0.173. The quantitative estimate of drug-likeness (QED) is 0.503. The zero-order valence-corrected chi connectivity index (χ0v) is 10.4. The van der Waals surface area contributed by atoms with E-state index in [2.05, 4.69) is 13.5 Å². The third-order valence-electron chi connectivity index (χ3n) is 2.72. The molecule has 0 heterocycles. The Hall–Kier alpha value is -1.63. The molecule has 1 aromatic rings. The summed E-state index contributed by atoms with van der Waals surface area (Å²) in [4.78, 5) is 11.7. The Morgan fingerprint density at radius 3 is 2.65 bits per heavy atom. The first-order valence-corrected chi connectivity index (χ1v) is 6.14. The molecule has 0 fully saturated rings. The van der Waals surface area contributed by atoms with Crippen LogP contribution in [0.3, 0.4) is 0 Å². The Morgan fingerprint density at radius 2 is 2.06 bits per heavy atom. The molecule has 0 unspecified atom stereocenters. The van der Waals surface area contributed by atoms with Crippen LogP contribution in [-0.2, 0) is 4.79 Å². The maximum atomic E-state index is 11.7. The van der Waals surface area contributed by atoms with E-state index >= 15 is 0 Å². The van der Waals surface area contributed by atoms with Crippen molar-refractivity contribution in [2.75, 3.05) is 0 Å². The fraction of sp³-hybridized carbons (Fsp3) is 0.312. The number of hydrogen-bond donors (Lipinski definition) is 0. The number of rotatable bonds is 7. The maximum Gasteiger partial charge on any atom is 0.156 e. The van der Waals surface area contributed by atoms with Gasteiger partial charge in [-0.25, -0.2) is 0 Å². The maximum absolute atomic E-state index is 11.7. The van der Waals surface area contributed by atoms with Gasteiger partial charge in [0, 0.05) is 6.42 Å². The Bertz CT molecular complexity index is 376. The van der Waals surface area contributed by atoms with Gasteiger partial charge in [-0.1, -0.05) is 55.8 Å². The van der Waals surface area contributed by atoms with E-state index in [4.69, 9.17) is 0 Å². The molecule has 0 aliphatic rings. The van der Waals surface area contributed by atoms with Crippen LogP contribution in [0.15, 0.2) is 49.1 Å². The van der Waals surface area contributed by atoms with Crippen molar-refractivity contribution in [2.24, 2.45) is 5.92 Å². The summed E-state index contributed by atoms with van der Waals surface area (Å²) in [6.07, 6.45) is 8.12. The fourth-order valence-electron chi connectivity index (χ4n) is 1.75. The highest BCUT2D eigenvalue weighted by atomic mass is 16.1. The number of allylic oxidation sites excluding steroid dienone is 2. The van der Waals surface area contributed by atoms with Gasteiger partial charge in [-0.15, -0.1) is 6.58 Å². The molecule has 0 aliphatic heterocycles. The standard InChI is InChI=1S/C16H20O/c1-3-8-14(4-2)13-16(17)12-11-15-9-6-5-7-10-15/h4-7,9-12,14H,2-3,8,13H2,1H3/b12-11+/t14-/m0/s1. The monoisotopic (exact) mass is 228 g/mol. The molecule has 0 saturated heterocycles. The number of ketones is 1. The van der Waals surface area contributed by atoms with Gasteiger partial charge in [-0.05, 0) is 24.0 Å². The summed E-state index contributed by atoms with van der Waals surface area (Å²) in [7, 11) is 0. The first kappa shape index (κ1) is 13.4. The lowest BCUT2D eigenvalue weighted by atomic mass is 9.97. The average molecular weight is 228 g/mol. The van der Waals surface area contributed by atoms with Crippen LogP contribution >= 0.6 is 0 Å². The second-order valence-electron chi connectivity index (χ2n) is 4.20. The predicted octanol–water partition coefficient (Wildman–Crippen LogP) is 4.26. The van der Waals surface area contributed by atoms with Crippen molar-refractivity contribution >= 4 is 11.9 Å². The lowest BCUT2D eigenvalue weighted by Crippen LogP contribution is -2.03.